The van der Waals surface area contributed by atoms with Crippen LogP contribution in [0, 0.1) is 0 Å². The molecule has 1 aliphatic rings. The Kier molecular flexibility index (Phi) is 6.37. The predicted molar refractivity (Wildman–Crippen MR) is 131 cm³/mol. The topological polar surface area (TPSA) is 115 Å². The lowest BCUT2D eigenvalue weighted by Gasteiger charge is -2.34. The van der Waals surface area contributed by atoms with E-state index in [9.17, 15) is 4.79 Å². The van der Waals surface area contributed by atoms with E-state index in [1.54, 1.807) is 53.8 Å². The summed E-state index contributed by atoms with van der Waals surface area (Å²) >= 11 is 6.50. The SMILES string of the molecule is Nc1ccc(C(CNC(=O)c2cn(-c3ncccn3)c3nccc(Cl)c23)N2CCCCC2)cn1. The first-order chi connectivity index (χ1) is 16.6. The van der Waals surface area contributed by atoms with Crippen molar-refractivity contribution < 1.29 is 4.79 Å². The van der Waals surface area contributed by atoms with E-state index < -0.39 is 0 Å². The highest BCUT2D eigenvalue weighted by Gasteiger charge is 2.25. The Morgan fingerprint density at radius 2 is 1.85 bits per heavy atom. The minimum absolute atomic E-state index is 0.00301. The zero-order chi connectivity index (χ0) is 23.5. The van der Waals surface area contributed by atoms with Gasteiger partial charge in [0.25, 0.3) is 5.91 Å². The van der Waals surface area contributed by atoms with Crippen LogP contribution in [-0.4, -0.2) is 54.9 Å². The Hall–Kier alpha value is -3.56. The van der Waals surface area contributed by atoms with Gasteiger partial charge < -0.3 is 11.1 Å². The maximum Gasteiger partial charge on any atom is 0.253 e. The molecule has 3 N–H and O–H groups in total. The van der Waals surface area contributed by atoms with Gasteiger partial charge >= 0.3 is 0 Å². The third kappa shape index (κ3) is 4.44. The largest absolute Gasteiger partial charge is 0.384 e. The van der Waals surface area contributed by atoms with E-state index in [0.717, 1.165) is 31.5 Å². The number of likely N-dealkylation sites (tertiary alicyclic amines) is 1. The van der Waals surface area contributed by atoms with E-state index >= 15 is 0 Å². The standard InChI is InChI=1S/C24H25ClN8O/c25-18-7-10-27-22-21(18)17(15-33(22)24-28-8-4-9-29-24)23(34)31-14-19(32-11-2-1-3-12-32)16-5-6-20(26)30-13-16/h4-10,13,15,19H,1-3,11-12,14H2,(H2,26,30)(H,31,34). The number of piperidine rings is 1. The zero-order valence-electron chi connectivity index (χ0n) is 18.6. The first-order valence-corrected chi connectivity index (χ1v) is 11.7. The summed E-state index contributed by atoms with van der Waals surface area (Å²) in [7, 11) is 0. The molecule has 1 saturated heterocycles. The number of anilines is 1. The van der Waals surface area contributed by atoms with Crippen LogP contribution in [0.25, 0.3) is 17.0 Å². The van der Waals surface area contributed by atoms with E-state index in [4.69, 9.17) is 17.3 Å². The third-order valence-electron chi connectivity index (χ3n) is 6.13. The number of carbonyl (C=O) groups excluding carboxylic acids is 1. The number of nitrogens with one attached hydrogen (secondary N) is 1. The number of amides is 1. The number of nitrogen functional groups attached to an aromatic ring is 1. The second kappa shape index (κ2) is 9.74. The summed E-state index contributed by atoms with van der Waals surface area (Å²) in [5.74, 6) is 0.656. The summed E-state index contributed by atoms with van der Waals surface area (Å²) in [6, 6.07) is 7.18. The Morgan fingerprint density at radius 3 is 2.59 bits per heavy atom. The molecule has 4 aromatic rings. The number of pyridine rings is 2. The number of hydrogen-bond donors (Lipinski definition) is 2. The number of nitrogens with two attached hydrogens (primary N) is 1. The van der Waals surface area contributed by atoms with E-state index in [1.165, 1.54) is 6.42 Å². The minimum atomic E-state index is -0.236. The van der Waals surface area contributed by atoms with Gasteiger partial charge in [0.05, 0.1) is 22.0 Å². The van der Waals surface area contributed by atoms with Crippen LogP contribution in [0.1, 0.15) is 41.2 Å². The lowest BCUT2D eigenvalue weighted by Crippen LogP contribution is -2.40. The van der Waals surface area contributed by atoms with Gasteiger partial charge in [0.15, 0.2) is 0 Å². The fourth-order valence-electron chi connectivity index (χ4n) is 4.44. The number of carbonyl (C=O) groups is 1. The van der Waals surface area contributed by atoms with E-state index in [2.05, 4.69) is 30.2 Å². The van der Waals surface area contributed by atoms with Gasteiger partial charge in [-0.05, 0) is 49.7 Å². The van der Waals surface area contributed by atoms with Gasteiger partial charge in [0, 0.05) is 37.5 Å². The summed E-state index contributed by atoms with van der Waals surface area (Å²) in [4.78, 5) is 33.1. The lowest BCUT2D eigenvalue weighted by molar-refractivity contribution is 0.0926. The quantitative estimate of drug-likeness (QED) is 0.438. The molecule has 9 nitrogen and oxygen atoms in total. The number of nitrogens with zero attached hydrogens (tertiary/aromatic N) is 6. The van der Waals surface area contributed by atoms with Gasteiger partial charge in [0.1, 0.15) is 11.5 Å². The Labute approximate surface area is 202 Å². The summed E-state index contributed by atoms with van der Waals surface area (Å²) in [5.41, 5.74) is 7.77. The van der Waals surface area contributed by atoms with Crippen molar-refractivity contribution in [3.8, 4) is 5.95 Å². The van der Waals surface area contributed by atoms with Crippen LogP contribution >= 0.6 is 11.6 Å². The van der Waals surface area contributed by atoms with Gasteiger partial charge in [-0.25, -0.2) is 19.9 Å². The van der Waals surface area contributed by atoms with Crippen LogP contribution in [0.15, 0.2) is 55.2 Å². The Balaban J connectivity index is 1.45. The number of aromatic nitrogens is 5. The molecule has 1 atom stereocenters. The minimum Gasteiger partial charge on any atom is -0.384 e. The molecule has 0 aliphatic carbocycles. The average Bonchev–Trinajstić information content (AvgIpc) is 3.27. The smallest absolute Gasteiger partial charge is 0.253 e. The number of halogens is 1. The fourth-order valence-corrected chi connectivity index (χ4v) is 4.68. The molecule has 1 aliphatic heterocycles. The van der Waals surface area contributed by atoms with Crippen molar-refractivity contribution in [1.82, 2.24) is 34.7 Å². The molecule has 0 spiro atoms. The molecule has 1 fully saturated rings. The lowest BCUT2D eigenvalue weighted by atomic mass is 10.0. The molecular formula is C24H25ClN8O. The zero-order valence-corrected chi connectivity index (χ0v) is 19.3. The van der Waals surface area contributed by atoms with Gasteiger partial charge in [-0.3, -0.25) is 14.3 Å². The molecule has 0 aromatic carbocycles. The maximum atomic E-state index is 13.4. The monoisotopic (exact) mass is 476 g/mol. The van der Waals surface area contributed by atoms with Crippen molar-refractivity contribution in [2.45, 2.75) is 25.3 Å². The van der Waals surface area contributed by atoms with Crippen molar-refractivity contribution in [2.75, 3.05) is 25.4 Å². The Morgan fingerprint density at radius 1 is 1.06 bits per heavy atom. The van der Waals surface area contributed by atoms with Gasteiger partial charge in [-0.15, -0.1) is 0 Å². The summed E-state index contributed by atoms with van der Waals surface area (Å²) < 4.78 is 1.68. The molecule has 1 unspecified atom stereocenters. The van der Waals surface area contributed by atoms with E-state index in [0.29, 0.717) is 39.9 Å². The van der Waals surface area contributed by atoms with Gasteiger partial charge in [-0.1, -0.05) is 24.1 Å². The van der Waals surface area contributed by atoms with Crippen LogP contribution in [0.4, 0.5) is 5.82 Å². The molecule has 0 bridgehead atoms. The fraction of sp³-hybridized carbons (Fsp3) is 0.292. The molecule has 0 saturated carbocycles. The molecule has 4 aromatic heterocycles. The molecule has 1 amide bonds. The van der Waals surface area contributed by atoms with E-state index in [1.807, 2.05) is 6.07 Å². The summed E-state index contributed by atoms with van der Waals surface area (Å²) in [6.07, 6.45) is 11.9. The Bertz CT molecular complexity index is 1290. The first kappa shape index (κ1) is 22.2. The highest BCUT2D eigenvalue weighted by Crippen LogP contribution is 2.29. The molecule has 5 rings (SSSR count). The predicted octanol–water partition coefficient (Wildman–Crippen LogP) is 3.40. The van der Waals surface area contributed by atoms with Crippen molar-refractivity contribution in [3.05, 3.63) is 71.4 Å². The van der Waals surface area contributed by atoms with Gasteiger partial charge in [-0.2, -0.15) is 0 Å². The maximum absolute atomic E-state index is 13.4. The van der Waals surface area contributed by atoms with Crippen molar-refractivity contribution in [3.63, 3.8) is 0 Å². The highest BCUT2D eigenvalue weighted by atomic mass is 35.5. The molecular weight excluding hydrogens is 452 g/mol. The molecule has 5 heterocycles. The van der Waals surface area contributed by atoms with Crippen molar-refractivity contribution >= 4 is 34.4 Å². The van der Waals surface area contributed by atoms with Crippen LogP contribution < -0.4 is 11.1 Å². The molecule has 10 heteroatoms. The van der Waals surface area contributed by atoms with Crippen LogP contribution in [0.3, 0.4) is 0 Å². The second-order valence-corrected chi connectivity index (χ2v) is 8.70. The average molecular weight is 477 g/mol. The van der Waals surface area contributed by atoms with Crippen LogP contribution in [-0.2, 0) is 0 Å². The molecule has 0 radical (unpaired) electrons. The van der Waals surface area contributed by atoms with Crippen molar-refractivity contribution in [2.24, 2.45) is 0 Å². The number of hydrogen-bond acceptors (Lipinski definition) is 7. The van der Waals surface area contributed by atoms with E-state index in [-0.39, 0.29) is 11.9 Å². The van der Waals surface area contributed by atoms with Crippen LogP contribution in [0.2, 0.25) is 5.02 Å². The van der Waals surface area contributed by atoms with Gasteiger partial charge in [0.2, 0.25) is 5.95 Å². The summed E-state index contributed by atoms with van der Waals surface area (Å²) in [5, 5.41) is 4.13. The van der Waals surface area contributed by atoms with Crippen molar-refractivity contribution in [1.29, 1.82) is 0 Å². The molecule has 174 valence electrons. The second-order valence-electron chi connectivity index (χ2n) is 8.29. The number of rotatable bonds is 6. The third-order valence-corrected chi connectivity index (χ3v) is 6.44. The summed E-state index contributed by atoms with van der Waals surface area (Å²) in [6.45, 7) is 2.38. The normalized spacial score (nSPS) is 15.3. The molecule has 34 heavy (non-hydrogen) atoms. The van der Waals surface area contributed by atoms with Crippen LogP contribution in [0.5, 0.6) is 0 Å². The highest BCUT2D eigenvalue weighted by molar-refractivity contribution is 6.36. The number of fused-ring (bicyclic) bond motifs is 1. The first-order valence-electron chi connectivity index (χ1n) is 11.3.